The zero-order valence-electron chi connectivity index (χ0n) is 12.8. The van der Waals surface area contributed by atoms with Crippen LogP contribution in [-0.4, -0.2) is 17.6 Å². The van der Waals surface area contributed by atoms with E-state index in [4.69, 9.17) is 4.74 Å². The first kappa shape index (κ1) is 15.5. The lowest BCUT2D eigenvalue weighted by atomic mass is 10.1. The zero-order chi connectivity index (χ0) is 15.4. The second-order valence-electron chi connectivity index (χ2n) is 4.73. The van der Waals surface area contributed by atoms with E-state index in [0.29, 0.717) is 12.3 Å². The highest BCUT2D eigenvalue weighted by molar-refractivity contribution is 7.15. The van der Waals surface area contributed by atoms with Gasteiger partial charge in [0, 0.05) is 10.6 Å². The van der Waals surface area contributed by atoms with Crippen LogP contribution in [0.2, 0.25) is 0 Å². The van der Waals surface area contributed by atoms with Crippen LogP contribution >= 0.6 is 11.3 Å². The van der Waals surface area contributed by atoms with Crippen molar-refractivity contribution in [2.24, 2.45) is 0 Å². The summed E-state index contributed by atoms with van der Waals surface area (Å²) >= 11 is 1.47. The minimum atomic E-state index is -0.361. The Kier molecular flexibility index (Phi) is 4.96. The molecule has 2 rings (SSSR count). The highest BCUT2D eigenvalue weighted by atomic mass is 32.1. The molecule has 0 aliphatic rings. The van der Waals surface area contributed by atoms with Gasteiger partial charge >= 0.3 is 5.97 Å². The average molecular weight is 304 g/mol. The average Bonchev–Trinajstić information content (AvgIpc) is 2.82. The Morgan fingerprint density at radius 3 is 2.76 bits per heavy atom. The Balaban J connectivity index is 2.29. The smallest absolute Gasteiger partial charge is 0.358 e. The number of nitrogens with zero attached hydrogens (tertiary/aromatic N) is 1. The fourth-order valence-corrected chi connectivity index (χ4v) is 2.95. The van der Waals surface area contributed by atoms with Gasteiger partial charge in [0.15, 0.2) is 10.8 Å². The fraction of sp³-hybridized carbons (Fsp3) is 0.375. The number of anilines is 2. The number of ether oxygens (including phenoxy) is 1. The summed E-state index contributed by atoms with van der Waals surface area (Å²) in [5.41, 5.74) is 3.88. The molecule has 0 atom stereocenters. The number of para-hydroxylation sites is 1. The van der Waals surface area contributed by atoms with E-state index >= 15 is 0 Å². The highest BCUT2D eigenvalue weighted by Gasteiger charge is 2.17. The minimum Gasteiger partial charge on any atom is -0.461 e. The molecule has 4 nitrogen and oxygen atoms in total. The first-order valence-corrected chi connectivity index (χ1v) is 7.88. The van der Waals surface area contributed by atoms with Gasteiger partial charge in [-0.25, -0.2) is 9.78 Å². The van der Waals surface area contributed by atoms with Crippen LogP contribution in [0, 0.1) is 13.8 Å². The fourth-order valence-electron chi connectivity index (χ4n) is 2.15. The molecule has 21 heavy (non-hydrogen) atoms. The Bertz CT molecular complexity index is 650. The monoisotopic (exact) mass is 304 g/mol. The Hall–Kier alpha value is -1.88. The van der Waals surface area contributed by atoms with E-state index in [9.17, 15) is 4.79 Å². The Labute approximate surface area is 129 Å². The van der Waals surface area contributed by atoms with Gasteiger partial charge in [-0.15, -0.1) is 11.3 Å². The summed E-state index contributed by atoms with van der Waals surface area (Å²) in [4.78, 5) is 17.1. The second kappa shape index (κ2) is 6.72. The molecule has 1 aromatic heterocycles. The Morgan fingerprint density at radius 2 is 2.10 bits per heavy atom. The summed E-state index contributed by atoms with van der Waals surface area (Å²) in [6.45, 7) is 8.22. The molecule has 0 bridgehead atoms. The van der Waals surface area contributed by atoms with Crippen LogP contribution in [-0.2, 0) is 11.2 Å². The van der Waals surface area contributed by atoms with Crippen LogP contribution in [0.4, 0.5) is 10.8 Å². The molecular weight excluding hydrogens is 284 g/mol. The third kappa shape index (κ3) is 3.42. The summed E-state index contributed by atoms with van der Waals surface area (Å²) in [6.07, 6.45) is 0.944. The van der Waals surface area contributed by atoms with Crippen molar-refractivity contribution < 1.29 is 9.53 Å². The van der Waals surface area contributed by atoms with Gasteiger partial charge in [0.2, 0.25) is 0 Å². The van der Waals surface area contributed by atoms with E-state index in [1.165, 1.54) is 22.5 Å². The first-order chi connectivity index (χ1) is 10.1. The van der Waals surface area contributed by atoms with Crippen molar-refractivity contribution in [3.8, 4) is 0 Å². The standard InChI is InChI=1S/C16H20N2O2S/c1-5-12-9-7-8-10(3)13(12)17-16-18-14(11(4)21-16)15(19)20-6-2/h7-9H,5-6H2,1-4H3,(H,17,18). The van der Waals surface area contributed by atoms with Gasteiger partial charge in [0.05, 0.1) is 6.61 Å². The van der Waals surface area contributed by atoms with Crippen molar-refractivity contribution in [1.82, 2.24) is 4.98 Å². The summed E-state index contributed by atoms with van der Waals surface area (Å²) in [6, 6.07) is 6.22. The van der Waals surface area contributed by atoms with E-state index in [1.54, 1.807) is 6.92 Å². The van der Waals surface area contributed by atoms with Gasteiger partial charge in [-0.3, -0.25) is 0 Å². The molecule has 0 aliphatic carbocycles. The molecule has 2 aromatic rings. The molecule has 112 valence electrons. The number of nitrogens with one attached hydrogen (secondary N) is 1. The molecule has 1 N–H and O–H groups in total. The second-order valence-corrected chi connectivity index (χ2v) is 5.94. The third-order valence-electron chi connectivity index (χ3n) is 3.24. The van der Waals surface area contributed by atoms with Crippen LogP contribution in [0.3, 0.4) is 0 Å². The number of rotatable bonds is 5. The molecule has 5 heteroatoms. The lowest BCUT2D eigenvalue weighted by molar-refractivity contribution is 0.0519. The number of hydrogen-bond acceptors (Lipinski definition) is 5. The number of thiazole rings is 1. The Morgan fingerprint density at radius 1 is 1.33 bits per heavy atom. The topological polar surface area (TPSA) is 51.2 Å². The molecular formula is C16H20N2O2S. The van der Waals surface area contributed by atoms with Crippen molar-refractivity contribution in [3.05, 3.63) is 39.9 Å². The van der Waals surface area contributed by atoms with Crippen LogP contribution in [0.1, 0.15) is 40.3 Å². The predicted molar refractivity (Wildman–Crippen MR) is 86.6 cm³/mol. The van der Waals surface area contributed by atoms with E-state index in [2.05, 4.69) is 42.3 Å². The third-order valence-corrected chi connectivity index (χ3v) is 4.12. The predicted octanol–water partition coefficient (Wildman–Crippen LogP) is 4.24. The molecule has 0 amide bonds. The van der Waals surface area contributed by atoms with Crippen LogP contribution < -0.4 is 5.32 Å². The summed E-state index contributed by atoms with van der Waals surface area (Å²) < 4.78 is 5.02. The molecule has 0 spiro atoms. The largest absolute Gasteiger partial charge is 0.461 e. The number of carbonyl (C=O) groups excluding carboxylic acids is 1. The van der Waals surface area contributed by atoms with Crippen LogP contribution in [0.5, 0.6) is 0 Å². The number of esters is 1. The van der Waals surface area contributed by atoms with Crippen molar-refractivity contribution in [2.45, 2.75) is 34.1 Å². The molecule has 0 aliphatic heterocycles. The maximum absolute atomic E-state index is 11.8. The van der Waals surface area contributed by atoms with E-state index < -0.39 is 0 Å². The van der Waals surface area contributed by atoms with Crippen molar-refractivity contribution in [1.29, 1.82) is 0 Å². The molecule has 0 saturated heterocycles. The molecule has 0 fully saturated rings. The molecule has 0 saturated carbocycles. The van der Waals surface area contributed by atoms with Crippen molar-refractivity contribution in [3.63, 3.8) is 0 Å². The van der Waals surface area contributed by atoms with E-state index in [-0.39, 0.29) is 5.97 Å². The maximum atomic E-state index is 11.8. The van der Waals surface area contributed by atoms with E-state index in [1.807, 2.05) is 6.92 Å². The molecule has 0 unspecified atom stereocenters. The summed E-state index contributed by atoms with van der Waals surface area (Å²) in [5, 5.41) is 4.07. The first-order valence-electron chi connectivity index (χ1n) is 7.06. The number of carbonyl (C=O) groups is 1. The van der Waals surface area contributed by atoms with Gasteiger partial charge in [0.1, 0.15) is 0 Å². The van der Waals surface area contributed by atoms with Crippen molar-refractivity contribution >= 4 is 28.1 Å². The van der Waals surface area contributed by atoms with Gasteiger partial charge < -0.3 is 10.1 Å². The van der Waals surface area contributed by atoms with Gasteiger partial charge in [0.25, 0.3) is 0 Å². The van der Waals surface area contributed by atoms with Gasteiger partial charge in [-0.2, -0.15) is 0 Å². The number of aromatic nitrogens is 1. The maximum Gasteiger partial charge on any atom is 0.358 e. The molecule has 0 radical (unpaired) electrons. The SMILES string of the molecule is CCOC(=O)c1nc(Nc2c(C)cccc2CC)sc1C. The van der Waals surface area contributed by atoms with Crippen molar-refractivity contribution in [2.75, 3.05) is 11.9 Å². The number of hydrogen-bond donors (Lipinski definition) is 1. The minimum absolute atomic E-state index is 0.357. The summed E-state index contributed by atoms with van der Waals surface area (Å²) in [7, 11) is 0. The lowest BCUT2D eigenvalue weighted by Crippen LogP contribution is -2.06. The number of aryl methyl sites for hydroxylation is 3. The number of benzene rings is 1. The van der Waals surface area contributed by atoms with E-state index in [0.717, 1.165) is 22.1 Å². The highest BCUT2D eigenvalue weighted by Crippen LogP contribution is 2.29. The zero-order valence-corrected chi connectivity index (χ0v) is 13.6. The molecule has 1 aromatic carbocycles. The quantitative estimate of drug-likeness (QED) is 0.839. The normalized spacial score (nSPS) is 10.5. The van der Waals surface area contributed by atoms with Gasteiger partial charge in [-0.1, -0.05) is 25.1 Å². The van der Waals surface area contributed by atoms with Crippen LogP contribution in [0.25, 0.3) is 0 Å². The lowest BCUT2D eigenvalue weighted by Gasteiger charge is -2.11. The molecule has 1 heterocycles. The van der Waals surface area contributed by atoms with Crippen LogP contribution in [0.15, 0.2) is 18.2 Å². The summed E-state index contributed by atoms with van der Waals surface area (Å²) in [5.74, 6) is -0.361. The van der Waals surface area contributed by atoms with Gasteiger partial charge in [-0.05, 0) is 38.3 Å².